The molecular weight excluding hydrogens is 274 g/mol. The lowest BCUT2D eigenvalue weighted by Crippen LogP contribution is -2.10. The first-order valence-electron chi connectivity index (χ1n) is 6.59. The minimum Gasteiger partial charge on any atom is -0.494 e. The van der Waals surface area contributed by atoms with E-state index in [2.05, 4.69) is 15.3 Å². The molecular formula is C15H18ClN3O. The topological polar surface area (TPSA) is 47.0 Å². The van der Waals surface area contributed by atoms with E-state index in [1.807, 2.05) is 44.2 Å². The third-order valence-electron chi connectivity index (χ3n) is 2.82. The smallest absolute Gasteiger partial charge is 0.137 e. The van der Waals surface area contributed by atoms with Crippen LogP contribution in [0.3, 0.4) is 0 Å². The summed E-state index contributed by atoms with van der Waals surface area (Å²) in [7, 11) is 0. The van der Waals surface area contributed by atoms with Crippen LogP contribution >= 0.6 is 11.6 Å². The van der Waals surface area contributed by atoms with Crippen LogP contribution in [0.1, 0.15) is 17.8 Å². The molecule has 0 saturated heterocycles. The van der Waals surface area contributed by atoms with E-state index < -0.39 is 0 Å². The van der Waals surface area contributed by atoms with Gasteiger partial charge in [0.05, 0.1) is 6.61 Å². The second-order valence-corrected chi connectivity index (χ2v) is 4.84. The van der Waals surface area contributed by atoms with Crippen LogP contribution in [-0.2, 0) is 0 Å². The number of halogens is 1. The Kier molecular flexibility index (Phi) is 5.18. The van der Waals surface area contributed by atoms with Crippen LogP contribution in [0.25, 0.3) is 0 Å². The summed E-state index contributed by atoms with van der Waals surface area (Å²) in [5, 5.41) is 3.77. The van der Waals surface area contributed by atoms with Crippen molar-refractivity contribution >= 4 is 17.4 Å². The van der Waals surface area contributed by atoms with Gasteiger partial charge in [0.2, 0.25) is 0 Å². The van der Waals surface area contributed by atoms with Gasteiger partial charge in [0.1, 0.15) is 22.5 Å². The molecule has 0 spiro atoms. The molecule has 1 aromatic heterocycles. The van der Waals surface area contributed by atoms with Gasteiger partial charge in [-0.3, -0.25) is 0 Å². The molecule has 0 atom stereocenters. The number of para-hydroxylation sites is 1. The summed E-state index contributed by atoms with van der Waals surface area (Å²) < 4.78 is 5.62. The van der Waals surface area contributed by atoms with Gasteiger partial charge in [-0.05, 0) is 32.4 Å². The molecule has 0 fully saturated rings. The van der Waals surface area contributed by atoms with Gasteiger partial charge in [-0.15, -0.1) is 0 Å². The van der Waals surface area contributed by atoms with Crippen LogP contribution < -0.4 is 10.1 Å². The Bertz CT molecular complexity index is 561. The maximum atomic E-state index is 6.02. The third kappa shape index (κ3) is 4.10. The maximum Gasteiger partial charge on any atom is 0.137 e. The normalized spacial score (nSPS) is 10.3. The number of rotatable bonds is 6. The van der Waals surface area contributed by atoms with E-state index >= 15 is 0 Å². The Morgan fingerprint density at radius 3 is 2.65 bits per heavy atom. The lowest BCUT2D eigenvalue weighted by molar-refractivity contribution is 0.315. The van der Waals surface area contributed by atoms with Crippen LogP contribution in [0.5, 0.6) is 5.75 Å². The van der Waals surface area contributed by atoms with Crippen LogP contribution in [0, 0.1) is 13.8 Å². The minimum atomic E-state index is 0.500. The Morgan fingerprint density at radius 2 is 1.90 bits per heavy atom. The number of nitrogens with one attached hydrogen (secondary N) is 1. The first-order valence-corrected chi connectivity index (χ1v) is 6.97. The fraction of sp³-hybridized carbons (Fsp3) is 0.333. The van der Waals surface area contributed by atoms with Crippen molar-refractivity contribution in [3.05, 3.63) is 46.9 Å². The number of hydrogen-bond acceptors (Lipinski definition) is 4. The van der Waals surface area contributed by atoms with Gasteiger partial charge in [-0.2, -0.15) is 0 Å². The zero-order valence-corrected chi connectivity index (χ0v) is 12.4. The highest BCUT2D eigenvalue weighted by molar-refractivity contribution is 6.30. The molecule has 0 unspecified atom stereocenters. The standard InChI is InChI=1S/C15H18ClN3O/c1-11-14(16)18-12(2)19-15(11)17-9-6-10-20-13-7-4-3-5-8-13/h3-5,7-8H,6,9-10H2,1-2H3,(H,17,18,19). The monoisotopic (exact) mass is 291 g/mol. The predicted octanol–water partition coefficient (Wildman–Crippen LogP) is 3.63. The van der Waals surface area contributed by atoms with Crippen LogP contribution in [-0.4, -0.2) is 23.1 Å². The fourth-order valence-electron chi connectivity index (χ4n) is 1.75. The Balaban J connectivity index is 1.76. The molecule has 0 aliphatic rings. The van der Waals surface area contributed by atoms with Crippen molar-refractivity contribution in [2.45, 2.75) is 20.3 Å². The summed E-state index contributed by atoms with van der Waals surface area (Å²) in [6.45, 7) is 5.17. The number of aryl methyl sites for hydroxylation is 1. The molecule has 5 heteroatoms. The fourth-order valence-corrected chi connectivity index (χ4v) is 1.96. The van der Waals surface area contributed by atoms with Gasteiger partial charge in [-0.25, -0.2) is 9.97 Å². The zero-order chi connectivity index (χ0) is 14.4. The van der Waals surface area contributed by atoms with E-state index in [0.29, 0.717) is 17.6 Å². The molecule has 0 aliphatic heterocycles. The molecule has 4 nitrogen and oxygen atoms in total. The van der Waals surface area contributed by atoms with Gasteiger partial charge in [0.25, 0.3) is 0 Å². The lowest BCUT2D eigenvalue weighted by Gasteiger charge is -2.10. The van der Waals surface area contributed by atoms with E-state index in [1.54, 1.807) is 0 Å². The Hall–Kier alpha value is -1.81. The van der Waals surface area contributed by atoms with Crippen LogP contribution in [0.2, 0.25) is 5.15 Å². The van der Waals surface area contributed by atoms with Crippen molar-refractivity contribution in [2.24, 2.45) is 0 Å². The summed E-state index contributed by atoms with van der Waals surface area (Å²) in [5.41, 5.74) is 0.876. The number of nitrogens with zero attached hydrogens (tertiary/aromatic N) is 2. The molecule has 1 heterocycles. The first kappa shape index (κ1) is 14.6. The summed E-state index contributed by atoms with van der Waals surface area (Å²) >= 11 is 6.02. The number of aromatic nitrogens is 2. The Labute approximate surface area is 124 Å². The molecule has 2 aromatic rings. The van der Waals surface area contributed by atoms with Gasteiger partial charge >= 0.3 is 0 Å². The van der Waals surface area contributed by atoms with E-state index in [4.69, 9.17) is 16.3 Å². The van der Waals surface area contributed by atoms with Crippen molar-refractivity contribution in [2.75, 3.05) is 18.5 Å². The summed E-state index contributed by atoms with van der Waals surface area (Å²) in [4.78, 5) is 8.45. The van der Waals surface area contributed by atoms with Crippen molar-refractivity contribution in [3.8, 4) is 5.75 Å². The highest BCUT2D eigenvalue weighted by Gasteiger charge is 2.06. The minimum absolute atomic E-state index is 0.500. The van der Waals surface area contributed by atoms with Gasteiger partial charge in [-0.1, -0.05) is 29.8 Å². The molecule has 2 rings (SSSR count). The summed E-state index contributed by atoms with van der Waals surface area (Å²) in [6, 6.07) is 9.79. The van der Waals surface area contributed by atoms with E-state index in [0.717, 1.165) is 30.1 Å². The quantitative estimate of drug-likeness (QED) is 0.652. The van der Waals surface area contributed by atoms with Crippen molar-refractivity contribution < 1.29 is 4.74 Å². The van der Waals surface area contributed by atoms with E-state index in [-0.39, 0.29) is 0 Å². The molecule has 0 saturated carbocycles. The number of benzene rings is 1. The highest BCUT2D eigenvalue weighted by Crippen LogP contribution is 2.19. The van der Waals surface area contributed by atoms with Crippen LogP contribution in [0.4, 0.5) is 5.82 Å². The molecule has 1 N–H and O–H groups in total. The van der Waals surface area contributed by atoms with Gasteiger partial charge in [0.15, 0.2) is 0 Å². The highest BCUT2D eigenvalue weighted by atomic mass is 35.5. The lowest BCUT2D eigenvalue weighted by atomic mass is 10.3. The van der Waals surface area contributed by atoms with Crippen molar-refractivity contribution in [3.63, 3.8) is 0 Å². The molecule has 0 amide bonds. The molecule has 20 heavy (non-hydrogen) atoms. The molecule has 0 bridgehead atoms. The number of ether oxygens (including phenoxy) is 1. The average Bonchev–Trinajstić information content (AvgIpc) is 2.44. The molecule has 0 aliphatic carbocycles. The summed E-state index contributed by atoms with van der Waals surface area (Å²) in [5.74, 6) is 2.36. The number of hydrogen-bond donors (Lipinski definition) is 1. The van der Waals surface area contributed by atoms with Gasteiger partial charge < -0.3 is 10.1 Å². The maximum absolute atomic E-state index is 6.02. The summed E-state index contributed by atoms with van der Waals surface area (Å²) in [6.07, 6.45) is 0.884. The molecule has 1 aromatic carbocycles. The molecule has 0 radical (unpaired) electrons. The zero-order valence-electron chi connectivity index (χ0n) is 11.7. The largest absolute Gasteiger partial charge is 0.494 e. The SMILES string of the molecule is Cc1nc(Cl)c(C)c(NCCCOc2ccccc2)n1. The first-order chi connectivity index (χ1) is 9.66. The van der Waals surface area contributed by atoms with E-state index in [9.17, 15) is 0 Å². The van der Waals surface area contributed by atoms with Crippen molar-refractivity contribution in [1.29, 1.82) is 0 Å². The van der Waals surface area contributed by atoms with Crippen LogP contribution in [0.15, 0.2) is 30.3 Å². The average molecular weight is 292 g/mol. The van der Waals surface area contributed by atoms with E-state index in [1.165, 1.54) is 0 Å². The number of anilines is 1. The second-order valence-electron chi connectivity index (χ2n) is 4.48. The van der Waals surface area contributed by atoms with Crippen molar-refractivity contribution in [1.82, 2.24) is 9.97 Å². The predicted molar refractivity (Wildman–Crippen MR) is 81.6 cm³/mol. The third-order valence-corrected chi connectivity index (χ3v) is 3.19. The van der Waals surface area contributed by atoms with Gasteiger partial charge in [0, 0.05) is 12.1 Å². The Morgan fingerprint density at radius 1 is 1.15 bits per heavy atom. The molecule has 106 valence electrons. The second kappa shape index (κ2) is 7.10.